The summed E-state index contributed by atoms with van der Waals surface area (Å²) in [5.41, 5.74) is 1.18. The molecule has 1 fully saturated rings. The molecule has 0 aromatic carbocycles. The number of rotatable bonds is 3. The van der Waals surface area contributed by atoms with Gasteiger partial charge in [-0.25, -0.2) is 9.78 Å². The zero-order chi connectivity index (χ0) is 16.4. The van der Waals surface area contributed by atoms with Gasteiger partial charge in [-0.05, 0) is 31.9 Å². The number of aryl methyl sites for hydroxylation is 1. The van der Waals surface area contributed by atoms with Gasteiger partial charge in [-0.3, -0.25) is 9.78 Å². The molecule has 3 heterocycles. The molecule has 23 heavy (non-hydrogen) atoms. The topological polar surface area (TPSA) is 83.4 Å². The molecule has 1 amide bonds. The van der Waals surface area contributed by atoms with E-state index < -0.39 is 5.97 Å². The number of aromatic carboxylic acids is 1. The van der Waals surface area contributed by atoms with Gasteiger partial charge in [0, 0.05) is 31.4 Å². The Morgan fingerprint density at radius 3 is 2.65 bits per heavy atom. The Morgan fingerprint density at radius 2 is 2.09 bits per heavy atom. The minimum absolute atomic E-state index is 0.00176. The van der Waals surface area contributed by atoms with Crippen molar-refractivity contribution in [1.29, 1.82) is 0 Å². The van der Waals surface area contributed by atoms with Gasteiger partial charge in [0.25, 0.3) is 5.91 Å². The summed E-state index contributed by atoms with van der Waals surface area (Å²) >= 11 is 1.26. The van der Waals surface area contributed by atoms with E-state index in [4.69, 9.17) is 5.11 Å². The molecule has 0 saturated carbocycles. The van der Waals surface area contributed by atoms with Gasteiger partial charge in [0.1, 0.15) is 4.88 Å². The van der Waals surface area contributed by atoms with Crippen LogP contribution in [0.1, 0.15) is 49.5 Å². The Hall–Kier alpha value is -2.28. The number of amides is 1. The average molecular weight is 331 g/mol. The number of hydrogen-bond acceptors (Lipinski definition) is 5. The lowest BCUT2D eigenvalue weighted by atomic mass is 9.97. The summed E-state index contributed by atoms with van der Waals surface area (Å²) in [7, 11) is 0. The van der Waals surface area contributed by atoms with Gasteiger partial charge in [-0.2, -0.15) is 0 Å². The van der Waals surface area contributed by atoms with Gasteiger partial charge in [0.2, 0.25) is 0 Å². The van der Waals surface area contributed by atoms with Crippen LogP contribution < -0.4 is 0 Å². The van der Waals surface area contributed by atoms with Crippen molar-refractivity contribution in [2.45, 2.75) is 25.7 Å². The summed E-state index contributed by atoms with van der Waals surface area (Å²) in [5, 5.41) is 10.00. The minimum Gasteiger partial charge on any atom is -0.477 e. The highest BCUT2D eigenvalue weighted by atomic mass is 32.1. The van der Waals surface area contributed by atoms with Crippen LogP contribution in [0.3, 0.4) is 0 Å². The van der Waals surface area contributed by atoms with Crippen molar-refractivity contribution in [3.05, 3.63) is 45.7 Å². The molecule has 1 aliphatic heterocycles. The van der Waals surface area contributed by atoms with Crippen LogP contribution in [0, 0.1) is 6.92 Å². The zero-order valence-corrected chi connectivity index (χ0v) is 13.5. The predicted molar refractivity (Wildman–Crippen MR) is 85.9 cm³/mol. The fourth-order valence-electron chi connectivity index (χ4n) is 2.79. The van der Waals surface area contributed by atoms with Crippen molar-refractivity contribution in [1.82, 2.24) is 14.9 Å². The Kier molecular flexibility index (Phi) is 4.38. The van der Waals surface area contributed by atoms with Crippen molar-refractivity contribution in [3.8, 4) is 0 Å². The first kappa shape index (κ1) is 15.6. The molecule has 0 radical (unpaired) electrons. The number of thiazole rings is 1. The minimum atomic E-state index is -0.921. The second-order valence-electron chi connectivity index (χ2n) is 5.58. The van der Waals surface area contributed by atoms with Gasteiger partial charge in [-0.1, -0.05) is 0 Å². The van der Waals surface area contributed by atoms with Crippen molar-refractivity contribution in [2.24, 2.45) is 0 Å². The van der Waals surface area contributed by atoms with Crippen molar-refractivity contribution < 1.29 is 14.7 Å². The molecular weight excluding hydrogens is 314 g/mol. The second kappa shape index (κ2) is 6.45. The van der Waals surface area contributed by atoms with Crippen molar-refractivity contribution >= 4 is 23.2 Å². The standard InChI is InChI=1S/C16H17N3O3S/c1-10-13(16(21)22)23-14(18-10)11-4-7-19(8-5-11)15(20)12-3-2-6-17-9-12/h2-3,6,9,11H,4-5,7-8H2,1H3,(H,21,22). The molecule has 7 heteroatoms. The van der Waals surface area contributed by atoms with Gasteiger partial charge in [-0.15, -0.1) is 11.3 Å². The van der Waals surface area contributed by atoms with Crippen molar-refractivity contribution in [3.63, 3.8) is 0 Å². The molecule has 0 spiro atoms. The molecule has 6 nitrogen and oxygen atoms in total. The number of hydrogen-bond donors (Lipinski definition) is 1. The number of carboxylic acid groups (broad SMARTS) is 1. The highest BCUT2D eigenvalue weighted by Gasteiger charge is 2.27. The van der Waals surface area contributed by atoms with Crippen LogP contribution in [0.2, 0.25) is 0 Å². The largest absolute Gasteiger partial charge is 0.477 e. The third kappa shape index (κ3) is 3.24. The van der Waals surface area contributed by atoms with E-state index in [0.29, 0.717) is 29.2 Å². The van der Waals surface area contributed by atoms with Gasteiger partial charge < -0.3 is 10.0 Å². The number of pyridine rings is 1. The summed E-state index contributed by atoms with van der Waals surface area (Å²) in [6, 6.07) is 3.52. The maximum absolute atomic E-state index is 12.4. The molecule has 0 bridgehead atoms. The third-order valence-corrected chi connectivity index (χ3v) is 5.36. The van der Waals surface area contributed by atoms with E-state index in [-0.39, 0.29) is 11.8 Å². The lowest BCUT2D eigenvalue weighted by Crippen LogP contribution is -2.37. The van der Waals surface area contributed by atoms with Crippen LogP contribution in [-0.2, 0) is 0 Å². The Bertz CT molecular complexity index is 721. The SMILES string of the molecule is Cc1nc(C2CCN(C(=O)c3cccnc3)CC2)sc1C(=O)O. The highest BCUT2D eigenvalue weighted by Crippen LogP contribution is 2.32. The van der Waals surface area contributed by atoms with Crippen LogP contribution in [-0.4, -0.2) is 44.9 Å². The van der Waals surface area contributed by atoms with E-state index in [2.05, 4.69) is 9.97 Å². The molecule has 1 saturated heterocycles. The van der Waals surface area contributed by atoms with Crippen LogP contribution in [0.4, 0.5) is 0 Å². The summed E-state index contributed by atoms with van der Waals surface area (Å²) in [6.07, 6.45) is 4.83. The number of likely N-dealkylation sites (tertiary alicyclic amines) is 1. The molecule has 3 rings (SSSR count). The quantitative estimate of drug-likeness (QED) is 0.934. The molecule has 0 aliphatic carbocycles. The molecule has 0 atom stereocenters. The normalized spacial score (nSPS) is 15.6. The van der Waals surface area contributed by atoms with Gasteiger partial charge >= 0.3 is 5.97 Å². The van der Waals surface area contributed by atoms with E-state index in [0.717, 1.165) is 17.8 Å². The van der Waals surface area contributed by atoms with Crippen LogP contribution in [0.15, 0.2) is 24.5 Å². The fourth-order valence-corrected chi connectivity index (χ4v) is 3.87. The van der Waals surface area contributed by atoms with Crippen LogP contribution in [0.5, 0.6) is 0 Å². The van der Waals surface area contributed by atoms with E-state index in [1.54, 1.807) is 31.5 Å². The van der Waals surface area contributed by atoms with E-state index in [9.17, 15) is 9.59 Å². The summed E-state index contributed by atoms with van der Waals surface area (Å²) in [6.45, 7) is 3.03. The molecule has 120 valence electrons. The highest BCUT2D eigenvalue weighted by molar-refractivity contribution is 7.13. The Balaban J connectivity index is 1.66. The summed E-state index contributed by atoms with van der Waals surface area (Å²) in [4.78, 5) is 34.0. The first-order valence-electron chi connectivity index (χ1n) is 7.46. The lowest BCUT2D eigenvalue weighted by molar-refractivity contribution is 0.0696. The molecule has 1 aliphatic rings. The van der Waals surface area contributed by atoms with Crippen LogP contribution >= 0.6 is 11.3 Å². The van der Waals surface area contributed by atoms with Crippen LogP contribution in [0.25, 0.3) is 0 Å². The van der Waals surface area contributed by atoms with Gasteiger partial charge in [0.15, 0.2) is 0 Å². The predicted octanol–water partition coefficient (Wildman–Crippen LogP) is 2.56. The van der Waals surface area contributed by atoms with E-state index in [1.807, 2.05) is 4.90 Å². The second-order valence-corrected chi connectivity index (χ2v) is 6.61. The average Bonchev–Trinajstić information content (AvgIpc) is 2.97. The third-order valence-electron chi connectivity index (χ3n) is 4.05. The summed E-state index contributed by atoms with van der Waals surface area (Å²) in [5.74, 6) is -0.696. The first-order valence-corrected chi connectivity index (χ1v) is 8.28. The molecular formula is C16H17N3O3S. The number of piperidine rings is 1. The monoisotopic (exact) mass is 331 g/mol. The molecule has 2 aromatic rings. The van der Waals surface area contributed by atoms with Gasteiger partial charge in [0.05, 0.1) is 16.3 Å². The maximum Gasteiger partial charge on any atom is 0.347 e. The van der Waals surface area contributed by atoms with E-state index in [1.165, 1.54) is 11.3 Å². The van der Waals surface area contributed by atoms with Crippen molar-refractivity contribution in [2.75, 3.05) is 13.1 Å². The number of carboxylic acids is 1. The van der Waals surface area contributed by atoms with E-state index >= 15 is 0 Å². The Morgan fingerprint density at radius 1 is 1.35 bits per heavy atom. The number of aromatic nitrogens is 2. The zero-order valence-electron chi connectivity index (χ0n) is 12.7. The number of nitrogens with zero attached hydrogens (tertiary/aromatic N) is 3. The summed E-state index contributed by atoms with van der Waals surface area (Å²) < 4.78 is 0. The molecule has 2 aromatic heterocycles. The first-order chi connectivity index (χ1) is 11.1. The molecule has 1 N–H and O–H groups in total. The number of carbonyl (C=O) groups is 2. The lowest BCUT2D eigenvalue weighted by Gasteiger charge is -2.31. The smallest absolute Gasteiger partial charge is 0.347 e. The fraction of sp³-hybridized carbons (Fsp3) is 0.375. The molecule has 0 unspecified atom stereocenters. The maximum atomic E-state index is 12.4. The Labute approximate surface area is 137 Å². The number of carbonyl (C=O) groups excluding carboxylic acids is 1.